The van der Waals surface area contributed by atoms with Gasteiger partial charge >= 0.3 is 0 Å². The fourth-order valence-corrected chi connectivity index (χ4v) is 5.18. The molecular weight excluding hydrogens is 407 g/mol. The number of ether oxygens (including phenoxy) is 1. The van der Waals surface area contributed by atoms with Gasteiger partial charge in [0.2, 0.25) is 0 Å². The smallest absolute Gasteiger partial charge is 0.127 e. The molecule has 1 aliphatic rings. The van der Waals surface area contributed by atoms with E-state index in [2.05, 4.69) is 6.07 Å². The molecule has 1 saturated heterocycles. The first-order valence-electron chi connectivity index (χ1n) is 9.83. The normalized spacial score (nSPS) is 27.5. The zero-order valence-electron chi connectivity index (χ0n) is 16.7. The lowest BCUT2D eigenvalue weighted by atomic mass is 9.80. The Bertz CT molecular complexity index is 1010. The Morgan fingerprint density at radius 2 is 1.73 bits per heavy atom. The van der Waals surface area contributed by atoms with Crippen LogP contribution in [0.25, 0.3) is 10.1 Å². The molecule has 5 atom stereocenters. The van der Waals surface area contributed by atoms with Gasteiger partial charge in [0.1, 0.15) is 36.3 Å². The Morgan fingerprint density at radius 3 is 2.43 bits per heavy atom. The molecule has 0 saturated carbocycles. The summed E-state index contributed by atoms with van der Waals surface area (Å²) < 4.78 is 21.7. The number of thiophene rings is 1. The summed E-state index contributed by atoms with van der Waals surface area (Å²) in [7, 11) is 0. The van der Waals surface area contributed by atoms with Gasteiger partial charge in [-0.15, -0.1) is 11.3 Å². The van der Waals surface area contributed by atoms with Crippen molar-refractivity contribution in [3.05, 3.63) is 70.4 Å². The van der Waals surface area contributed by atoms with Crippen LogP contribution in [-0.4, -0.2) is 51.4 Å². The fourth-order valence-electron chi connectivity index (χ4n) is 4.00. The summed E-state index contributed by atoms with van der Waals surface area (Å²) in [5.41, 5.74) is 0.249. The van der Waals surface area contributed by atoms with Crippen LogP contribution >= 0.6 is 11.3 Å². The van der Waals surface area contributed by atoms with Gasteiger partial charge < -0.3 is 25.2 Å². The highest BCUT2D eigenvalue weighted by atomic mass is 32.1. The number of hydrogen-bond donors (Lipinski definition) is 4. The molecule has 5 unspecified atom stereocenters. The molecule has 1 aromatic heterocycles. The van der Waals surface area contributed by atoms with Gasteiger partial charge in [0, 0.05) is 15.0 Å². The molecule has 5 nitrogen and oxygen atoms in total. The summed E-state index contributed by atoms with van der Waals surface area (Å²) in [5.74, 6) is -0.384. The highest BCUT2D eigenvalue weighted by molar-refractivity contribution is 7.19. The van der Waals surface area contributed by atoms with Crippen LogP contribution in [0, 0.1) is 5.82 Å². The highest BCUT2D eigenvalue weighted by Crippen LogP contribution is 2.41. The van der Waals surface area contributed by atoms with Crippen molar-refractivity contribution in [3.63, 3.8) is 0 Å². The second-order valence-electron chi connectivity index (χ2n) is 8.26. The topological polar surface area (TPSA) is 90.2 Å². The molecular formula is C23H25FO5S. The summed E-state index contributed by atoms with van der Waals surface area (Å²) in [6.07, 6.45) is -6.34. The Morgan fingerprint density at radius 1 is 1.00 bits per heavy atom. The maximum absolute atomic E-state index is 14.9. The van der Waals surface area contributed by atoms with E-state index in [0.29, 0.717) is 11.1 Å². The van der Waals surface area contributed by atoms with Crippen LogP contribution < -0.4 is 0 Å². The number of fused-ring (bicyclic) bond motifs is 1. The number of rotatable bonds is 4. The largest absolute Gasteiger partial charge is 0.394 e. The molecule has 0 bridgehead atoms. The summed E-state index contributed by atoms with van der Waals surface area (Å²) in [6.45, 7) is 3.36. The molecule has 4 rings (SSSR count). The van der Waals surface area contributed by atoms with Gasteiger partial charge in [-0.2, -0.15) is 0 Å². The van der Waals surface area contributed by atoms with Gasteiger partial charge in [-0.25, -0.2) is 4.39 Å². The highest BCUT2D eigenvalue weighted by Gasteiger charge is 2.44. The first kappa shape index (κ1) is 21.4. The Labute approximate surface area is 178 Å². The van der Waals surface area contributed by atoms with Gasteiger partial charge in [-0.05, 0) is 40.8 Å². The average Bonchev–Trinajstić information content (AvgIpc) is 3.18. The van der Waals surface area contributed by atoms with Crippen LogP contribution in [0.5, 0.6) is 0 Å². The third-order valence-electron chi connectivity index (χ3n) is 5.93. The summed E-state index contributed by atoms with van der Waals surface area (Å²) in [5, 5.41) is 41.1. The zero-order chi connectivity index (χ0) is 21.6. The maximum atomic E-state index is 14.9. The van der Waals surface area contributed by atoms with Crippen LogP contribution in [0.15, 0.2) is 48.5 Å². The van der Waals surface area contributed by atoms with Gasteiger partial charge in [0.25, 0.3) is 0 Å². The Hall–Kier alpha value is -1.87. The number of aliphatic hydroxyl groups is 4. The second kappa shape index (κ2) is 8.00. The van der Waals surface area contributed by atoms with E-state index in [1.165, 1.54) is 12.1 Å². The molecule has 0 amide bonds. The molecule has 30 heavy (non-hydrogen) atoms. The number of hydrogen-bond acceptors (Lipinski definition) is 6. The lowest BCUT2D eigenvalue weighted by molar-refractivity contribution is -0.231. The lowest BCUT2D eigenvalue weighted by Gasteiger charge is -2.40. The van der Waals surface area contributed by atoms with E-state index in [1.807, 2.05) is 38.1 Å². The average molecular weight is 433 g/mol. The fraction of sp³-hybridized carbons (Fsp3) is 0.391. The van der Waals surface area contributed by atoms with Crippen LogP contribution in [0.1, 0.15) is 36.0 Å². The molecule has 4 N–H and O–H groups in total. The molecule has 0 aliphatic carbocycles. The van der Waals surface area contributed by atoms with Crippen molar-refractivity contribution in [2.45, 2.75) is 49.8 Å². The van der Waals surface area contributed by atoms with Crippen molar-refractivity contribution >= 4 is 21.4 Å². The Balaban J connectivity index is 1.74. The minimum absolute atomic E-state index is 0.384. The third-order valence-corrected chi connectivity index (χ3v) is 7.37. The molecule has 1 fully saturated rings. The molecule has 1 aliphatic heterocycles. The van der Waals surface area contributed by atoms with Crippen LogP contribution in [-0.2, 0) is 10.2 Å². The summed E-state index contributed by atoms with van der Waals surface area (Å²) >= 11 is 1.60. The SMILES string of the molecule is CC(C)(c1cc2ccccc2s1)c1cc(C2OC(CO)C(O)C(O)C2O)ccc1F. The summed E-state index contributed by atoms with van der Waals surface area (Å²) in [6, 6.07) is 14.5. The van der Waals surface area contributed by atoms with E-state index in [1.54, 1.807) is 17.4 Å². The number of aliphatic hydroxyl groups excluding tert-OH is 4. The predicted molar refractivity (Wildman–Crippen MR) is 113 cm³/mol. The lowest BCUT2D eigenvalue weighted by Crippen LogP contribution is -2.55. The van der Waals surface area contributed by atoms with Crippen molar-refractivity contribution in [2.24, 2.45) is 0 Å². The van der Waals surface area contributed by atoms with Crippen molar-refractivity contribution < 1.29 is 29.6 Å². The molecule has 2 aromatic carbocycles. The van der Waals surface area contributed by atoms with E-state index in [4.69, 9.17) is 4.74 Å². The van der Waals surface area contributed by atoms with Crippen molar-refractivity contribution in [3.8, 4) is 0 Å². The van der Waals surface area contributed by atoms with Gasteiger partial charge in [-0.3, -0.25) is 0 Å². The number of halogens is 1. The van der Waals surface area contributed by atoms with Crippen molar-refractivity contribution in [1.29, 1.82) is 0 Å². The molecule has 3 aromatic rings. The van der Waals surface area contributed by atoms with E-state index in [9.17, 15) is 24.8 Å². The predicted octanol–water partition coefficient (Wildman–Crippen LogP) is 2.88. The molecule has 2 heterocycles. The van der Waals surface area contributed by atoms with Gasteiger partial charge in [0.05, 0.1) is 6.61 Å². The van der Waals surface area contributed by atoms with E-state index < -0.39 is 42.5 Å². The first-order valence-corrected chi connectivity index (χ1v) is 10.6. The van der Waals surface area contributed by atoms with Crippen molar-refractivity contribution in [1.82, 2.24) is 0 Å². The number of benzene rings is 2. The van der Waals surface area contributed by atoms with Crippen molar-refractivity contribution in [2.75, 3.05) is 6.61 Å². The van der Waals surface area contributed by atoms with E-state index >= 15 is 0 Å². The quantitative estimate of drug-likeness (QED) is 0.509. The zero-order valence-corrected chi connectivity index (χ0v) is 17.5. The second-order valence-corrected chi connectivity index (χ2v) is 9.35. The van der Waals surface area contributed by atoms with Gasteiger partial charge in [-0.1, -0.05) is 38.1 Å². The third kappa shape index (κ3) is 3.56. The standard InChI is InChI=1S/C23H25FO5S/c1-23(2,18-10-12-5-3-4-6-17(12)30-18)14-9-13(7-8-15(14)24)22-21(28)20(27)19(26)16(11-25)29-22/h3-10,16,19-22,25-28H,11H2,1-2H3. The molecule has 160 valence electrons. The Kier molecular flexibility index (Phi) is 5.69. The minimum Gasteiger partial charge on any atom is -0.394 e. The first-order chi connectivity index (χ1) is 14.2. The minimum atomic E-state index is -1.48. The monoisotopic (exact) mass is 432 g/mol. The molecule has 0 spiro atoms. The van der Waals surface area contributed by atoms with Crippen LogP contribution in [0.4, 0.5) is 4.39 Å². The van der Waals surface area contributed by atoms with Gasteiger partial charge in [0.15, 0.2) is 0 Å². The van der Waals surface area contributed by atoms with Crippen LogP contribution in [0.3, 0.4) is 0 Å². The van der Waals surface area contributed by atoms with Crippen LogP contribution in [0.2, 0.25) is 0 Å². The van der Waals surface area contributed by atoms with E-state index in [0.717, 1.165) is 15.0 Å². The maximum Gasteiger partial charge on any atom is 0.127 e. The molecule has 0 radical (unpaired) electrons. The molecule has 7 heteroatoms. The van der Waals surface area contributed by atoms with E-state index in [-0.39, 0.29) is 5.82 Å². The summed E-state index contributed by atoms with van der Waals surface area (Å²) in [4.78, 5) is 0.994.